The second kappa shape index (κ2) is 11.7. The Morgan fingerprint density at radius 3 is 2.52 bits per heavy atom. The molecular formula is C25H22BrN3O4. The second-order valence-electron chi connectivity index (χ2n) is 6.78. The average molecular weight is 508 g/mol. The minimum Gasteiger partial charge on any atom is -0.496 e. The normalized spacial score (nSPS) is 10.5. The summed E-state index contributed by atoms with van der Waals surface area (Å²) in [5.41, 5.74) is 5.14. The van der Waals surface area contributed by atoms with Crippen molar-refractivity contribution in [3.63, 3.8) is 0 Å². The summed E-state index contributed by atoms with van der Waals surface area (Å²) < 4.78 is 17.6. The number of halogens is 1. The summed E-state index contributed by atoms with van der Waals surface area (Å²) in [5.74, 6) is 1.21. The Morgan fingerprint density at radius 1 is 1.06 bits per heavy atom. The maximum atomic E-state index is 12.5. The molecule has 3 aromatic rings. The van der Waals surface area contributed by atoms with Gasteiger partial charge in [0.25, 0.3) is 5.91 Å². The summed E-state index contributed by atoms with van der Waals surface area (Å²) in [6.45, 7) is 2.69. The number of amides is 1. The number of carbonyl (C=O) groups is 1. The molecule has 0 aliphatic carbocycles. The number of nitrogens with one attached hydrogen (secondary N) is 1. The highest BCUT2D eigenvalue weighted by molar-refractivity contribution is 9.10. The highest BCUT2D eigenvalue weighted by Gasteiger charge is 2.12. The summed E-state index contributed by atoms with van der Waals surface area (Å²) in [4.78, 5) is 12.5. The smallest absolute Gasteiger partial charge is 0.275 e. The largest absolute Gasteiger partial charge is 0.496 e. The van der Waals surface area contributed by atoms with Crippen LogP contribution in [0.15, 0.2) is 70.2 Å². The van der Waals surface area contributed by atoms with E-state index in [2.05, 4.69) is 32.5 Å². The minimum atomic E-state index is -0.392. The van der Waals surface area contributed by atoms with E-state index >= 15 is 0 Å². The molecule has 0 saturated heterocycles. The fourth-order valence-electron chi connectivity index (χ4n) is 2.91. The number of benzene rings is 3. The van der Waals surface area contributed by atoms with E-state index in [0.29, 0.717) is 41.6 Å². The Bertz CT molecular complexity index is 1190. The van der Waals surface area contributed by atoms with Crippen LogP contribution in [0.2, 0.25) is 0 Å². The van der Waals surface area contributed by atoms with Gasteiger partial charge in [-0.3, -0.25) is 4.79 Å². The van der Waals surface area contributed by atoms with E-state index in [4.69, 9.17) is 19.5 Å². The van der Waals surface area contributed by atoms with Crippen molar-refractivity contribution in [3.8, 4) is 23.3 Å². The molecule has 0 radical (unpaired) electrons. The van der Waals surface area contributed by atoms with Crippen LogP contribution in [0.25, 0.3) is 0 Å². The Morgan fingerprint density at radius 2 is 1.82 bits per heavy atom. The SMILES string of the molecule is CCOc1cc(/C=N\NC(=O)c2cc(Br)ccc2OC)ccc1OCc1ccc(C#N)cc1. The van der Waals surface area contributed by atoms with Gasteiger partial charge in [0.05, 0.1) is 37.1 Å². The molecule has 1 amide bonds. The molecule has 0 bridgehead atoms. The lowest BCUT2D eigenvalue weighted by atomic mass is 10.1. The molecule has 1 N–H and O–H groups in total. The molecule has 7 nitrogen and oxygen atoms in total. The Balaban J connectivity index is 1.68. The number of nitrogens with zero attached hydrogens (tertiary/aromatic N) is 2. The molecule has 0 saturated carbocycles. The van der Waals surface area contributed by atoms with E-state index in [1.807, 2.05) is 25.1 Å². The highest BCUT2D eigenvalue weighted by Crippen LogP contribution is 2.29. The van der Waals surface area contributed by atoms with Crippen LogP contribution in [0.3, 0.4) is 0 Å². The van der Waals surface area contributed by atoms with E-state index in [0.717, 1.165) is 15.6 Å². The number of hydrazone groups is 1. The minimum absolute atomic E-state index is 0.337. The van der Waals surface area contributed by atoms with E-state index in [-0.39, 0.29) is 0 Å². The molecule has 8 heteroatoms. The molecule has 3 aromatic carbocycles. The Kier molecular flexibility index (Phi) is 8.44. The predicted octanol–water partition coefficient (Wildman–Crippen LogP) is 5.07. The summed E-state index contributed by atoms with van der Waals surface area (Å²) in [5, 5.41) is 12.9. The van der Waals surface area contributed by atoms with Crippen molar-refractivity contribution < 1.29 is 19.0 Å². The van der Waals surface area contributed by atoms with Crippen LogP contribution in [-0.2, 0) is 6.61 Å². The first-order chi connectivity index (χ1) is 16.0. The zero-order valence-electron chi connectivity index (χ0n) is 18.2. The average Bonchev–Trinajstić information content (AvgIpc) is 2.84. The maximum Gasteiger partial charge on any atom is 0.275 e. The lowest BCUT2D eigenvalue weighted by molar-refractivity contribution is 0.0952. The lowest BCUT2D eigenvalue weighted by Crippen LogP contribution is -2.18. The van der Waals surface area contributed by atoms with Crippen molar-refractivity contribution in [1.29, 1.82) is 5.26 Å². The van der Waals surface area contributed by atoms with Crippen LogP contribution >= 0.6 is 15.9 Å². The van der Waals surface area contributed by atoms with E-state index in [9.17, 15) is 4.79 Å². The van der Waals surface area contributed by atoms with E-state index < -0.39 is 5.91 Å². The lowest BCUT2D eigenvalue weighted by Gasteiger charge is -2.12. The van der Waals surface area contributed by atoms with E-state index in [1.165, 1.54) is 13.3 Å². The van der Waals surface area contributed by atoms with Crippen molar-refractivity contribution in [2.45, 2.75) is 13.5 Å². The molecule has 33 heavy (non-hydrogen) atoms. The van der Waals surface area contributed by atoms with Gasteiger partial charge in [0.2, 0.25) is 0 Å². The van der Waals surface area contributed by atoms with Crippen molar-refractivity contribution in [3.05, 3.63) is 87.4 Å². The van der Waals surface area contributed by atoms with Crippen molar-refractivity contribution >= 4 is 28.1 Å². The van der Waals surface area contributed by atoms with Gasteiger partial charge in [-0.2, -0.15) is 10.4 Å². The number of methoxy groups -OCH3 is 1. The summed E-state index contributed by atoms with van der Waals surface area (Å²) in [6, 6.07) is 19.8. The van der Waals surface area contributed by atoms with Crippen LogP contribution in [0.4, 0.5) is 0 Å². The van der Waals surface area contributed by atoms with Gasteiger partial charge in [0.15, 0.2) is 11.5 Å². The molecular weight excluding hydrogens is 486 g/mol. The molecule has 0 unspecified atom stereocenters. The first-order valence-corrected chi connectivity index (χ1v) is 10.9. The fourth-order valence-corrected chi connectivity index (χ4v) is 3.27. The molecule has 168 valence electrons. The Labute approximate surface area is 200 Å². The molecule has 0 fully saturated rings. The maximum absolute atomic E-state index is 12.5. The molecule has 0 heterocycles. The molecule has 0 spiro atoms. The van der Waals surface area contributed by atoms with Gasteiger partial charge in [-0.15, -0.1) is 0 Å². The second-order valence-corrected chi connectivity index (χ2v) is 7.70. The van der Waals surface area contributed by atoms with Gasteiger partial charge < -0.3 is 14.2 Å². The van der Waals surface area contributed by atoms with Gasteiger partial charge >= 0.3 is 0 Å². The summed E-state index contributed by atoms with van der Waals surface area (Å²) in [7, 11) is 1.50. The topological polar surface area (TPSA) is 92.9 Å². The van der Waals surface area contributed by atoms with Crippen molar-refractivity contribution in [2.24, 2.45) is 5.10 Å². The highest BCUT2D eigenvalue weighted by atomic mass is 79.9. The number of carbonyl (C=O) groups excluding carboxylic acids is 1. The quantitative estimate of drug-likeness (QED) is 0.322. The van der Waals surface area contributed by atoms with Crippen LogP contribution in [0.1, 0.15) is 34.0 Å². The fraction of sp³-hybridized carbons (Fsp3) is 0.160. The van der Waals surface area contributed by atoms with Crippen LogP contribution in [0.5, 0.6) is 17.2 Å². The van der Waals surface area contributed by atoms with Gasteiger partial charge in [0.1, 0.15) is 12.4 Å². The Hall–Kier alpha value is -3.83. The standard InChI is InChI=1S/C25H22BrN3O4/c1-3-32-24-12-19(8-10-23(24)33-16-18-6-4-17(14-27)5-7-18)15-28-29-25(30)21-13-20(26)9-11-22(21)31-2/h4-13,15H,3,16H2,1-2H3,(H,29,30)/b28-15-. The zero-order chi connectivity index (χ0) is 23.6. The summed E-state index contributed by atoms with van der Waals surface area (Å²) >= 11 is 3.35. The molecule has 0 atom stereocenters. The van der Waals surface area contributed by atoms with Crippen LogP contribution in [-0.4, -0.2) is 25.8 Å². The molecule has 3 rings (SSSR count). The van der Waals surface area contributed by atoms with Crippen molar-refractivity contribution in [2.75, 3.05) is 13.7 Å². The third-order valence-electron chi connectivity index (χ3n) is 4.53. The number of hydrogen-bond acceptors (Lipinski definition) is 6. The monoisotopic (exact) mass is 507 g/mol. The first kappa shape index (κ1) is 23.8. The zero-order valence-corrected chi connectivity index (χ0v) is 19.8. The van der Waals surface area contributed by atoms with Gasteiger partial charge in [-0.1, -0.05) is 28.1 Å². The number of nitriles is 1. The van der Waals surface area contributed by atoms with Gasteiger partial charge in [-0.05, 0) is 66.6 Å². The third kappa shape index (κ3) is 6.57. The molecule has 0 aromatic heterocycles. The molecule has 0 aliphatic heterocycles. The first-order valence-electron chi connectivity index (χ1n) is 10.1. The summed E-state index contributed by atoms with van der Waals surface area (Å²) in [6.07, 6.45) is 1.52. The van der Waals surface area contributed by atoms with Crippen molar-refractivity contribution in [1.82, 2.24) is 5.43 Å². The van der Waals surface area contributed by atoms with Crippen LogP contribution < -0.4 is 19.6 Å². The third-order valence-corrected chi connectivity index (χ3v) is 5.02. The van der Waals surface area contributed by atoms with Gasteiger partial charge in [0, 0.05) is 4.47 Å². The van der Waals surface area contributed by atoms with E-state index in [1.54, 1.807) is 42.5 Å². The van der Waals surface area contributed by atoms with Crippen LogP contribution in [0, 0.1) is 11.3 Å². The number of hydrogen-bond donors (Lipinski definition) is 1. The number of ether oxygens (including phenoxy) is 3. The number of rotatable bonds is 9. The van der Waals surface area contributed by atoms with Gasteiger partial charge in [-0.25, -0.2) is 5.43 Å². The predicted molar refractivity (Wildman–Crippen MR) is 129 cm³/mol. The molecule has 0 aliphatic rings.